The largest absolute Gasteiger partial charge is 0.372 e. The van der Waals surface area contributed by atoms with Crippen LogP contribution in [0.2, 0.25) is 0 Å². The standard InChI is InChI=1S/C15H22N2O3S/c1-11-9-17(10-12(2)20-11)15(19)5-6-16-14(18)8-13-4-3-7-21-13/h3-4,7,11-12H,5-6,8-10H2,1-2H3,(H,16,18)/t11-,12+. The van der Waals surface area contributed by atoms with Crippen LogP contribution in [0.15, 0.2) is 17.5 Å². The van der Waals surface area contributed by atoms with Gasteiger partial charge in [-0.3, -0.25) is 9.59 Å². The van der Waals surface area contributed by atoms with Crippen LogP contribution < -0.4 is 5.32 Å². The number of hydrogen-bond donors (Lipinski definition) is 1. The van der Waals surface area contributed by atoms with Gasteiger partial charge in [-0.2, -0.15) is 0 Å². The fraction of sp³-hybridized carbons (Fsp3) is 0.600. The quantitative estimate of drug-likeness (QED) is 0.895. The second-order valence-electron chi connectivity index (χ2n) is 5.41. The molecule has 0 unspecified atom stereocenters. The van der Waals surface area contributed by atoms with Gasteiger partial charge >= 0.3 is 0 Å². The van der Waals surface area contributed by atoms with Gasteiger partial charge in [0.1, 0.15) is 0 Å². The zero-order valence-electron chi connectivity index (χ0n) is 12.5. The minimum Gasteiger partial charge on any atom is -0.372 e. The SMILES string of the molecule is C[C@@H]1CN(C(=O)CCNC(=O)Cc2cccs2)C[C@H](C)O1. The molecule has 2 atom stereocenters. The number of ether oxygens (including phenoxy) is 1. The molecule has 21 heavy (non-hydrogen) atoms. The molecule has 2 rings (SSSR count). The molecule has 1 aromatic heterocycles. The number of nitrogens with zero attached hydrogens (tertiary/aromatic N) is 1. The molecule has 2 amide bonds. The Bertz CT molecular complexity index is 465. The third-order valence-corrected chi connectivity index (χ3v) is 4.22. The first-order chi connectivity index (χ1) is 10.0. The van der Waals surface area contributed by atoms with Crippen molar-refractivity contribution in [3.05, 3.63) is 22.4 Å². The van der Waals surface area contributed by atoms with E-state index in [9.17, 15) is 9.59 Å². The van der Waals surface area contributed by atoms with Crippen LogP contribution in [0, 0.1) is 0 Å². The van der Waals surface area contributed by atoms with Crippen LogP contribution in [0.3, 0.4) is 0 Å². The highest BCUT2D eigenvalue weighted by Crippen LogP contribution is 2.11. The van der Waals surface area contributed by atoms with E-state index in [1.807, 2.05) is 36.3 Å². The molecule has 0 saturated carbocycles. The Morgan fingerprint density at radius 3 is 2.71 bits per heavy atom. The van der Waals surface area contributed by atoms with Crippen LogP contribution in [0.4, 0.5) is 0 Å². The van der Waals surface area contributed by atoms with Crippen molar-refractivity contribution in [2.75, 3.05) is 19.6 Å². The van der Waals surface area contributed by atoms with Crippen molar-refractivity contribution in [1.29, 1.82) is 0 Å². The molecule has 1 N–H and O–H groups in total. The summed E-state index contributed by atoms with van der Waals surface area (Å²) in [7, 11) is 0. The van der Waals surface area contributed by atoms with Crippen molar-refractivity contribution in [2.45, 2.75) is 38.9 Å². The number of amides is 2. The van der Waals surface area contributed by atoms with Crippen molar-refractivity contribution in [3.63, 3.8) is 0 Å². The summed E-state index contributed by atoms with van der Waals surface area (Å²) < 4.78 is 5.61. The number of nitrogens with one attached hydrogen (secondary N) is 1. The molecule has 0 aromatic carbocycles. The third-order valence-electron chi connectivity index (χ3n) is 3.35. The minimum atomic E-state index is -0.0334. The van der Waals surface area contributed by atoms with E-state index in [1.54, 1.807) is 11.3 Å². The van der Waals surface area contributed by atoms with Crippen LogP contribution in [-0.2, 0) is 20.7 Å². The van der Waals surface area contributed by atoms with Crippen LogP contribution in [-0.4, -0.2) is 48.6 Å². The summed E-state index contributed by atoms with van der Waals surface area (Å²) in [6.07, 6.45) is 0.879. The summed E-state index contributed by atoms with van der Waals surface area (Å²) in [5.74, 6) is 0.0439. The zero-order chi connectivity index (χ0) is 15.2. The number of hydrogen-bond acceptors (Lipinski definition) is 4. The molecule has 1 saturated heterocycles. The number of thiophene rings is 1. The summed E-state index contributed by atoms with van der Waals surface area (Å²) in [4.78, 5) is 26.7. The van der Waals surface area contributed by atoms with Gasteiger partial charge < -0.3 is 15.0 Å². The number of carbonyl (C=O) groups is 2. The molecule has 0 spiro atoms. The van der Waals surface area contributed by atoms with Gasteiger partial charge in [0, 0.05) is 30.9 Å². The van der Waals surface area contributed by atoms with Crippen molar-refractivity contribution < 1.29 is 14.3 Å². The highest BCUT2D eigenvalue weighted by Gasteiger charge is 2.25. The van der Waals surface area contributed by atoms with E-state index in [4.69, 9.17) is 4.74 Å². The average Bonchev–Trinajstić information content (AvgIpc) is 2.90. The Labute approximate surface area is 129 Å². The lowest BCUT2D eigenvalue weighted by molar-refractivity contribution is -0.143. The maximum atomic E-state index is 12.1. The number of rotatable bonds is 5. The molecular formula is C15H22N2O3S. The van der Waals surface area contributed by atoms with E-state index in [0.29, 0.717) is 32.5 Å². The number of morpholine rings is 1. The van der Waals surface area contributed by atoms with Gasteiger partial charge in [0.2, 0.25) is 11.8 Å². The monoisotopic (exact) mass is 310 g/mol. The molecular weight excluding hydrogens is 288 g/mol. The first-order valence-electron chi connectivity index (χ1n) is 7.27. The Morgan fingerprint density at radius 2 is 2.10 bits per heavy atom. The maximum Gasteiger partial charge on any atom is 0.225 e. The van der Waals surface area contributed by atoms with Gasteiger partial charge in [-0.25, -0.2) is 0 Å². The van der Waals surface area contributed by atoms with Gasteiger partial charge in [-0.05, 0) is 25.3 Å². The van der Waals surface area contributed by atoms with Crippen LogP contribution >= 0.6 is 11.3 Å². The lowest BCUT2D eigenvalue weighted by atomic mass is 10.2. The fourth-order valence-electron chi connectivity index (χ4n) is 2.48. The molecule has 1 aromatic rings. The van der Waals surface area contributed by atoms with E-state index >= 15 is 0 Å². The normalized spacial score (nSPS) is 22.1. The highest BCUT2D eigenvalue weighted by molar-refractivity contribution is 7.10. The number of carbonyl (C=O) groups excluding carboxylic acids is 2. The maximum absolute atomic E-state index is 12.1. The molecule has 0 radical (unpaired) electrons. The predicted octanol–water partition coefficient (Wildman–Crippen LogP) is 1.43. The predicted molar refractivity (Wildman–Crippen MR) is 82.2 cm³/mol. The third kappa shape index (κ3) is 5.13. The van der Waals surface area contributed by atoms with E-state index in [1.165, 1.54) is 0 Å². The Kier molecular flexibility index (Phi) is 5.76. The summed E-state index contributed by atoms with van der Waals surface area (Å²) in [6, 6.07) is 3.86. The molecule has 0 aliphatic carbocycles. The lowest BCUT2D eigenvalue weighted by Gasteiger charge is -2.35. The van der Waals surface area contributed by atoms with Crippen LogP contribution in [0.25, 0.3) is 0 Å². The van der Waals surface area contributed by atoms with Gasteiger partial charge in [0.25, 0.3) is 0 Å². The van der Waals surface area contributed by atoms with E-state index in [-0.39, 0.29) is 24.0 Å². The Hall–Kier alpha value is -1.40. The zero-order valence-corrected chi connectivity index (χ0v) is 13.3. The van der Waals surface area contributed by atoms with Gasteiger partial charge in [-0.15, -0.1) is 11.3 Å². The second-order valence-corrected chi connectivity index (χ2v) is 6.44. The first-order valence-corrected chi connectivity index (χ1v) is 8.15. The summed E-state index contributed by atoms with van der Waals surface area (Å²) in [6.45, 7) is 5.60. The van der Waals surface area contributed by atoms with Gasteiger partial charge in [0.05, 0.1) is 18.6 Å². The molecule has 116 valence electrons. The van der Waals surface area contributed by atoms with E-state index < -0.39 is 0 Å². The second kappa shape index (κ2) is 7.56. The van der Waals surface area contributed by atoms with Gasteiger partial charge in [-0.1, -0.05) is 6.07 Å². The topological polar surface area (TPSA) is 58.6 Å². The van der Waals surface area contributed by atoms with Crippen molar-refractivity contribution in [2.24, 2.45) is 0 Å². The molecule has 1 aliphatic rings. The van der Waals surface area contributed by atoms with Gasteiger partial charge in [0.15, 0.2) is 0 Å². The van der Waals surface area contributed by atoms with Crippen LogP contribution in [0.5, 0.6) is 0 Å². The molecule has 6 heteroatoms. The fourth-order valence-corrected chi connectivity index (χ4v) is 3.19. The summed E-state index contributed by atoms with van der Waals surface area (Å²) >= 11 is 1.56. The summed E-state index contributed by atoms with van der Waals surface area (Å²) in [5.41, 5.74) is 0. The Morgan fingerprint density at radius 1 is 1.38 bits per heavy atom. The smallest absolute Gasteiger partial charge is 0.225 e. The van der Waals surface area contributed by atoms with E-state index in [2.05, 4.69) is 5.32 Å². The minimum absolute atomic E-state index is 0.0334. The van der Waals surface area contributed by atoms with Crippen LogP contribution in [0.1, 0.15) is 25.1 Å². The average molecular weight is 310 g/mol. The molecule has 1 fully saturated rings. The van der Waals surface area contributed by atoms with E-state index in [0.717, 1.165) is 4.88 Å². The molecule has 2 heterocycles. The Balaban J connectivity index is 1.68. The van der Waals surface area contributed by atoms with Crippen molar-refractivity contribution in [3.8, 4) is 0 Å². The summed E-state index contributed by atoms with van der Waals surface area (Å²) in [5, 5.41) is 4.75. The molecule has 5 nitrogen and oxygen atoms in total. The lowest BCUT2D eigenvalue weighted by Crippen LogP contribution is -2.48. The highest BCUT2D eigenvalue weighted by atomic mass is 32.1. The molecule has 0 bridgehead atoms. The first kappa shape index (κ1) is 16.0. The van der Waals surface area contributed by atoms with Crippen molar-refractivity contribution in [1.82, 2.24) is 10.2 Å². The van der Waals surface area contributed by atoms with Crippen molar-refractivity contribution >= 4 is 23.2 Å². The molecule has 1 aliphatic heterocycles.